The fourth-order valence-electron chi connectivity index (χ4n) is 1.27. The summed E-state index contributed by atoms with van der Waals surface area (Å²) in [6.07, 6.45) is 3.52. The average molecular weight is 206 g/mol. The molecular formula is C11H8ClNO. The molecule has 0 aliphatic carbocycles. The Morgan fingerprint density at radius 3 is 2.43 bits per heavy atom. The molecule has 0 unspecified atom stereocenters. The monoisotopic (exact) mass is 205 g/mol. The molecule has 0 saturated heterocycles. The number of rotatable bonds is 2. The van der Waals surface area contributed by atoms with Crippen LogP contribution in [0.3, 0.4) is 0 Å². The Morgan fingerprint density at radius 1 is 1.14 bits per heavy atom. The van der Waals surface area contributed by atoms with Gasteiger partial charge in [-0.25, -0.2) is 0 Å². The van der Waals surface area contributed by atoms with Gasteiger partial charge >= 0.3 is 0 Å². The first-order valence-corrected chi connectivity index (χ1v) is 4.58. The van der Waals surface area contributed by atoms with Crippen LogP contribution < -0.4 is 0 Å². The first kappa shape index (κ1) is 9.03. The molecule has 0 N–H and O–H groups in total. The zero-order valence-corrected chi connectivity index (χ0v) is 8.11. The van der Waals surface area contributed by atoms with E-state index in [1.165, 1.54) is 0 Å². The van der Waals surface area contributed by atoms with Crippen LogP contribution in [0.1, 0.15) is 10.4 Å². The molecule has 0 saturated carbocycles. The summed E-state index contributed by atoms with van der Waals surface area (Å²) < 4.78 is 1.86. The van der Waals surface area contributed by atoms with E-state index in [2.05, 4.69) is 0 Å². The second kappa shape index (κ2) is 3.68. The summed E-state index contributed by atoms with van der Waals surface area (Å²) in [7, 11) is 0. The average Bonchev–Trinajstić information content (AvgIpc) is 2.68. The molecule has 1 aromatic heterocycles. The summed E-state index contributed by atoms with van der Waals surface area (Å²) in [6, 6.07) is 11.4. The molecule has 1 heterocycles. The molecule has 0 bridgehead atoms. The van der Waals surface area contributed by atoms with E-state index in [0.29, 0.717) is 5.56 Å². The van der Waals surface area contributed by atoms with Gasteiger partial charge in [-0.1, -0.05) is 18.2 Å². The highest BCUT2D eigenvalue weighted by atomic mass is 35.5. The molecule has 2 aromatic rings. The second-order valence-electron chi connectivity index (χ2n) is 2.92. The smallest absolute Gasteiger partial charge is 0.253 e. The predicted octanol–water partition coefficient (Wildman–Crippen LogP) is 2.86. The number of aromatic nitrogens is 1. The molecule has 0 fully saturated rings. The minimum Gasteiger partial charge on any atom is -0.323 e. The molecule has 14 heavy (non-hydrogen) atoms. The molecule has 1 aromatic carbocycles. The minimum atomic E-state index is -0.431. The Bertz CT molecular complexity index is 447. The Balaban J connectivity index is 2.39. The number of hydrogen-bond acceptors (Lipinski definition) is 1. The minimum absolute atomic E-state index is 0.431. The molecular weight excluding hydrogens is 198 g/mol. The van der Waals surface area contributed by atoms with Crippen molar-refractivity contribution in [2.45, 2.75) is 0 Å². The van der Waals surface area contributed by atoms with Gasteiger partial charge in [-0.3, -0.25) is 4.79 Å². The van der Waals surface area contributed by atoms with Crippen LogP contribution in [0.25, 0.3) is 5.69 Å². The van der Waals surface area contributed by atoms with Gasteiger partial charge in [-0.15, -0.1) is 0 Å². The van der Waals surface area contributed by atoms with E-state index in [4.69, 9.17) is 11.6 Å². The van der Waals surface area contributed by atoms with Crippen molar-refractivity contribution in [2.24, 2.45) is 0 Å². The quantitative estimate of drug-likeness (QED) is 0.691. The number of halogens is 1. The van der Waals surface area contributed by atoms with Gasteiger partial charge in [0, 0.05) is 18.1 Å². The van der Waals surface area contributed by atoms with Gasteiger partial charge in [0.2, 0.25) is 0 Å². The highest BCUT2D eigenvalue weighted by Crippen LogP contribution is 2.11. The molecule has 70 valence electrons. The van der Waals surface area contributed by atoms with Gasteiger partial charge in [0.25, 0.3) is 5.24 Å². The Morgan fingerprint density at radius 2 is 1.86 bits per heavy atom. The highest BCUT2D eigenvalue weighted by Gasteiger charge is 2.03. The lowest BCUT2D eigenvalue weighted by atomic mass is 10.3. The van der Waals surface area contributed by atoms with Gasteiger partial charge in [0.05, 0.1) is 5.56 Å². The third-order valence-corrected chi connectivity index (χ3v) is 2.19. The normalized spacial score (nSPS) is 10.1. The number of para-hydroxylation sites is 1. The first-order chi connectivity index (χ1) is 6.77. The van der Waals surface area contributed by atoms with Crippen LogP contribution in [0.5, 0.6) is 0 Å². The Hall–Kier alpha value is -1.54. The van der Waals surface area contributed by atoms with Crippen LogP contribution in [-0.2, 0) is 0 Å². The van der Waals surface area contributed by atoms with Crippen LogP contribution in [0.4, 0.5) is 0 Å². The van der Waals surface area contributed by atoms with Gasteiger partial charge < -0.3 is 4.57 Å². The number of nitrogens with zero attached hydrogens (tertiary/aromatic N) is 1. The lowest BCUT2D eigenvalue weighted by molar-refractivity contribution is 0.108. The molecule has 3 heteroatoms. The van der Waals surface area contributed by atoms with Gasteiger partial charge in [-0.2, -0.15) is 0 Å². The zero-order chi connectivity index (χ0) is 9.97. The Labute approximate surface area is 86.7 Å². The maximum absolute atomic E-state index is 10.8. The summed E-state index contributed by atoms with van der Waals surface area (Å²) in [5.74, 6) is 0. The van der Waals surface area contributed by atoms with E-state index in [9.17, 15) is 4.79 Å². The SMILES string of the molecule is O=C(Cl)c1ccn(-c2ccccc2)c1. The number of hydrogen-bond donors (Lipinski definition) is 0. The molecule has 0 atom stereocenters. The zero-order valence-electron chi connectivity index (χ0n) is 7.35. The maximum Gasteiger partial charge on any atom is 0.253 e. The second-order valence-corrected chi connectivity index (χ2v) is 3.26. The lowest BCUT2D eigenvalue weighted by Gasteiger charge is -2.00. The van der Waals surface area contributed by atoms with Crippen molar-refractivity contribution >= 4 is 16.8 Å². The van der Waals surface area contributed by atoms with Gasteiger partial charge in [0.15, 0.2) is 0 Å². The summed E-state index contributed by atoms with van der Waals surface area (Å²) in [4.78, 5) is 10.8. The van der Waals surface area contributed by atoms with Crippen LogP contribution in [0.2, 0.25) is 0 Å². The van der Waals surface area contributed by atoms with Crippen molar-refractivity contribution in [3.05, 3.63) is 54.4 Å². The summed E-state index contributed by atoms with van der Waals surface area (Å²) in [5.41, 5.74) is 1.52. The fourth-order valence-corrected chi connectivity index (χ4v) is 1.39. The molecule has 0 radical (unpaired) electrons. The standard InChI is InChI=1S/C11H8ClNO/c12-11(14)9-6-7-13(8-9)10-4-2-1-3-5-10/h1-8H. The predicted molar refractivity (Wildman–Crippen MR) is 56.0 cm³/mol. The lowest BCUT2D eigenvalue weighted by Crippen LogP contribution is -1.89. The van der Waals surface area contributed by atoms with Crippen molar-refractivity contribution in [1.29, 1.82) is 0 Å². The molecule has 2 rings (SSSR count). The van der Waals surface area contributed by atoms with Crippen LogP contribution in [-0.4, -0.2) is 9.81 Å². The van der Waals surface area contributed by atoms with E-state index < -0.39 is 5.24 Å². The van der Waals surface area contributed by atoms with Crippen molar-refractivity contribution in [3.8, 4) is 5.69 Å². The third-order valence-electron chi connectivity index (χ3n) is 1.97. The molecule has 0 spiro atoms. The van der Waals surface area contributed by atoms with Crippen molar-refractivity contribution < 1.29 is 4.79 Å². The maximum atomic E-state index is 10.8. The van der Waals surface area contributed by atoms with Crippen molar-refractivity contribution in [1.82, 2.24) is 4.57 Å². The third kappa shape index (κ3) is 1.70. The summed E-state index contributed by atoms with van der Waals surface area (Å²) in [5, 5.41) is -0.431. The van der Waals surface area contributed by atoms with E-state index in [-0.39, 0.29) is 0 Å². The molecule has 0 amide bonds. The first-order valence-electron chi connectivity index (χ1n) is 4.20. The van der Waals surface area contributed by atoms with E-state index in [1.54, 1.807) is 12.3 Å². The van der Waals surface area contributed by atoms with Crippen molar-refractivity contribution in [3.63, 3.8) is 0 Å². The van der Waals surface area contributed by atoms with Crippen molar-refractivity contribution in [2.75, 3.05) is 0 Å². The van der Waals surface area contributed by atoms with E-state index >= 15 is 0 Å². The molecule has 0 aliphatic rings. The number of carbonyl (C=O) groups is 1. The van der Waals surface area contributed by atoms with Crippen LogP contribution in [0, 0.1) is 0 Å². The summed E-state index contributed by atoms with van der Waals surface area (Å²) in [6.45, 7) is 0. The van der Waals surface area contributed by atoms with Crippen LogP contribution >= 0.6 is 11.6 Å². The summed E-state index contributed by atoms with van der Waals surface area (Å²) >= 11 is 5.35. The van der Waals surface area contributed by atoms with E-state index in [0.717, 1.165) is 5.69 Å². The van der Waals surface area contributed by atoms with E-state index in [1.807, 2.05) is 41.1 Å². The molecule has 2 nitrogen and oxygen atoms in total. The number of carbonyl (C=O) groups excluding carboxylic acids is 1. The van der Waals surface area contributed by atoms with Crippen LogP contribution in [0.15, 0.2) is 48.8 Å². The molecule has 0 aliphatic heterocycles. The largest absolute Gasteiger partial charge is 0.323 e. The fraction of sp³-hybridized carbons (Fsp3) is 0. The number of benzene rings is 1. The topological polar surface area (TPSA) is 22.0 Å². The van der Waals surface area contributed by atoms with Gasteiger partial charge in [0.1, 0.15) is 0 Å². The highest BCUT2D eigenvalue weighted by molar-refractivity contribution is 6.67. The van der Waals surface area contributed by atoms with Gasteiger partial charge in [-0.05, 0) is 29.8 Å². The Kier molecular flexibility index (Phi) is 2.37.